The molecule has 2 atom stereocenters. The van der Waals surface area contributed by atoms with Crippen molar-refractivity contribution in [2.45, 2.75) is 25.7 Å². The smallest absolute Gasteiger partial charge is 0.330 e. The van der Waals surface area contributed by atoms with Crippen molar-refractivity contribution in [3.8, 4) is 0 Å². The molecule has 1 fully saturated rings. The zero-order valence-electron chi connectivity index (χ0n) is 12.5. The highest BCUT2D eigenvalue weighted by Gasteiger charge is 2.44. The highest BCUT2D eigenvalue weighted by molar-refractivity contribution is 5.86. The third-order valence-corrected chi connectivity index (χ3v) is 4.26. The van der Waals surface area contributed by atoms with Gasteiger partial charge in [0, 0.05) is 6.54 Å². The van der Waals surface area contributed by atoms with Crippen LogP contribution in [-0.2, 0) is 17.5 Å². The molecule has 1 saturated heterocycles. The quantitative estimate of drug-likeness (QED) is 0.767. The minimum Gasteiger partial charge on any atom is -0.330 e. The van der Waals surface area contributed by atoms with E-state index in [0.717, 1.165) is 23.3 Å². The van der Waals surface area contributed by atoms with Gasteiger partial charge in [-0.1, -0.05) is 49.4 Å². The van der Waals surface area contributed by atoms with Gasteiger partial charge in [0.05, 0.1) is 17.5 Å². The third kappa shape index (κ3) is 2.96. The maximum atomic E-state index is 12.7. The Kier molecular flexibility index (Phi) is 3.88. The molecule has 23 heavy (non-hydrogen) atoms. The van der Waals surface area contributed by atoms with E-state index in [1.54, 1.807) is 4.90 Å². The minimum atomic E-state index is -4.34. The van der Waals surface area contributed by atoms with Crippen LogP contribution < -0.4 is 0 Å². The Labute approximate surface area is 132 Å². The van der Waals surface area contributed by atoms with Gasteiger partial charge in [0.25, 0.3) is 0 Å². The fraction of sp³-hybridized carbons (Fsp3) is 0.278. The van der Waals surface area contributed by atoms with Crippen molar-refractivity contribution >= 4 is 5.91 Å². The number of likely N-dealkylation sites (tertiary alicyclic amines) is 1. The molecule has 2 aromatic rings. The first-order valence-corrected chi connectivity index (χ1v) is 7.39. The molecular weight excluding hydrogens is 303 g/mol. The largest absolute Gasteiger partial charge is 0.416 e. The normalized spacial score (nSPS) is 21.2. The molecule has 0 saturated carbocycles. The second-order valence-electron chi connectivity index (χ2n) is 5.81. The van der Waals surface area contributed by atoms with Gasteiger partial charge in [-0.25, -0.2) is 0 Å². The fourth-order valence-corrected chi connectivity index (χ4v) is 3.02. The van der Waals surface area contributed by atoms with Gasteiger partial charge in [-0.05, 0) is 23.3 Å². The summed E-state index contributed by atoms with van der Waals surface area (Å²) in [5.41, 5.74) is 1.07. The maximum absolute atomic E-state index is 12.7. The summed E-state index contributed by atoms with van der Waals surface area (Å²) >= 11 is 0. The minimum absolute atomic E-state index is 0.0266. The van der Waals surface area contributed by atoms with E-state index < -0.39 is 11.7 Å². The molecule has 120 valence electrons. The summed E-state index contributed by atoms with van der Waals surface area (Å²) in [7, 11) is 0. The Morgan fingerprint density at radius 1 is 1.00 bits per heavy atom. The predicted octanol–water partition coefficient (Wildman–Crippen LogP) is 4.43. The zero-order chi connectivity index (χ0) is 16.6. The molecule has 0 aromatic heterocycles. The number of carbonyl (C=O) groups excluding carboxylic acids is 1. The second kappa shape index (κ2) is 5.72. The van der Waals surface area contributed by atoms with Gasteiger partial charge < -0.3 is 4.90 Å². The summed E-state index contributed by atoms with van der Waals surface area (Å²) < 4.78 is 38.0. The van der Waals surface area contributed by atoms with E-state index in [-0.39, 0.29) is 17.9 Å². The lowest BCUT2D eigenvalue weighted by Gasteiger charge is -2.46. The van der Waals surface area contributed by atoms with E-state index in [2.05, 4.69) is 0 Å². The molecule has 1 aliphatic rings. The van der Waals surface area contributed by atoms with E-state index in [9.17, 15) is 18.0 Å². The van der Waals surface area contributed by atoms with Crippen LogP contribution in [0.3, 0.4) is 0 Å². The summed E-state index contributed by atoms with van der Waals surface area (Å²) in [6, 6.07) is 14.5. The van der Waals surface area contributed by atoms with Crippen LogP contribution in [-0.4, -0.2) is 10.8 Å². The van der Waals surface area contributed by atoms with Crippen molar-refractivity contribution in [1.29, 1.82) is 0 Å². The number of rotatable bonds is 3. The molecule has 1 aliphatic heterocycles. The molecule has 0 N–H and O–H groups in total. The Morgan fingerprint density at radius 3 is 2.17 bits per heavy atom. The number of carbonyl (C=O) groups is 1. The van der Waals surface area contributed by atoms with Crippen molar-refractivity contribution in [3.63, 3.8) is 0 Å². The monoisotopic (exact) mass is 319 g/mol. The molecule has 5 heteroatoms. The third-order valence-electron chi connectivity index (χ3n) is 4.26. The molecule has 0 bridgehead atoms. The fourth-order valence-electron chi connectivity index (χ4n) is 3.02. The van der Waals surface area contributed by atoms with Crippen LogP contribution in [0.1, 0.15) is 29.7 Å². The summed E-state index contributed by atoms with van der Waals surface area (Å²) in [5.74, 6) is -0.186. The summed E-state index contributed by atoms with van der Waals surface area (Å²) in [6.07, 6.45) is -4.34. The molecule has 0 radical (unpaired) electrons. The molecule has 2 unspecified atom stereocenters. The van der Waals surface area contributed by atoms with Crippen LogP contribution in [0.4, 0.5) is 13.2 Å². The Balaban J connectivity index is 1.81. The Morgan fingerprint density at radius 2 is 1.61 bits per heavy atom. The van der Waals surface area contributed by atoms with Crippen LogP contribution in [0.2, 0.25) is 0 Å². The van der Waals surface area contributed by atoms with E-state index in [1.807, 2.05) is 37.3 Å². The zero-order valence-corrected chi connectivity index (χ0v) is 12.5. The number of hydrogen-bond acceptors (Lipinski definition) is 1. The highest BCUT2D eigenvalue weighted by Crippen LogP contribution is 2.41. The molecule has 2 nitrogen and oxygen atoms in total. The van der Waals surface area contributed by atoms with Gasteiger partial charge in [0.2, 0.25) is 5.91 Å². The summed E-state index contributed by atoms with van der Waals surface area (Å²) in [4.78, 5) is 13.8. The Bertz CT molecular complexity index is 694. The van der Waals surface area contributed by atoms with Gasteiger partial charge in [-0.15, -0.1) is 0 Å². The first-order valence-electron chi connectivity index (χ1n) is 7.39. The van der Waals surface area contributed by atoms with E-state index in [4.69, 9.17) is 0 Å². The number of hydrogen-bond donors (Lipinski definition) is 0. The molecule has 2 aromatic carbocycles. The number of halogens is 3. The number of β-lactam (4-membered cyclic amide) rings is 1. The molecule has 3 rings (SSSR count). The van der Waals surface area contributed by atoms with Crippen LogP contribution in [0.25, 0.3) is 0 Å². The van der Waals surface area contributed by atoms with Crippen LogP contribution in [0.15, 0.2) is 54.6 Å². The molecule has 0 spiro atoms. The van der Waals surface area contributed by atoms with Gasteiger partial charge in [-0.2, -0.15) is 13.2 Å². The molecule has 1 amide bonds. The first kappa shape index (κ1) is 15.6. The van der Waals surface area contributed by atoms with Crippen molar-refractivity contribution in [2.75, 3.05) is 0 Å². The van der Waals surface area contributed by atoms with Gasteiger partial charge in [0.1, 0.15) is 0 Å². The average Bonchev–Trinajstić information content (AvgIpc) is 2.54. The van der Waals surface area contributed by atoms with Crippen molar-refractivity contribution in [3.05, 3.63) is 71.3 Å². The van der Waals surface area contributed by atoms with Crippen LogP contribution >= 0.6 is 0 Å². The number of nitrogens with zero attached hydrogens (tertiary/aromatic N) is 1. The second-order valence-corrected chi connectivity index (χ2v) is 5.81. The van der Waals surface area contributed by atoms with Gasteiger partial charge in [-0.3, -0.25) is 4.79 Å². The lowest BCUT2D eigenvalue weighted by Crippen LogP contribution is -2.52. The summed E-state index contributed by atoms with van der Waals surface area (Å²) in [5, 5.41) is 0. The van der Waals surface area contributed by atoms with E-state index in [1.165, 1.54) is 12.1 Å². The van der Waals surface area contributed by atoms with E-state index >= 15 is 0 Å². The lowest BCUT2D eigenvalue weighted by molar-refractivity contribution is -0.156. The average molecular weight is 319 g/mol. The van der Waals surface area contributed by atoms with Crippen molar-refractivity contribution in [2.24, 2.45) is 5.92 Å². The standard InChI is InChI=1S/C18H16F3NO/c1-12-16(14-7-9-15(10-8-14)18(19,20)21)22(17(12)23)11-13-5-3-2-4-6-13/h2-10,12,16H,11H2,1H3. The van der Waals surface area contributed by atoms with Crippen LogP contribution in [0, 0.1) is 5.92 Å². The topological polar surface area (TPSA) is 20.3 Å². The number of alkyl halides is 3. The number of amides is 1. The number of benzene rings is 2. The van der Waals surface area contributed by atoms with Crippen molar-refractivity contribution in [1.82, 2.24) is 4.90 Å². The summed E-state index contributed by atoms with van der Waals surface area (Å²) in [6.45, 7) is 2.28. The highest BCUT2D eigenvalue weighted by atomic mass is 19.4. The Hall–Kier alpha value is -2.30. The van der Waals surface area contributed by atoms with E-state index in [0.29, 0.717) is 6.54 Å². The first-order chi connectivity index (χ1) is 10.9. The molecular formula is C18H16F3NO. The van der Waals surface area contributed by atoms with Crippen LogP contribution in [0.5, 0.6) is 0 Å². The molecule has 0 aliphatic carbocycles. The maximum Gasteiger partial charge on any atom is 0.416 e. The SMILES string of the molecule is CC1C(=O)N(Cc2ccccc2)C1c1ccc(C(F)(F)F)cc1. The van der Waals surface area contributed by atoms with Gasteiger partial charge >= 0.3 is 6.18 Å². The molecule has 1 heterocycles. The lowest BCUT2D eigenvalue weighted by atomic mass is 9.83. The van der Waals surface area contributed by atoms with Gasteiger partial charge in [0.15, 0.2) is 0 Å². The predicted molar refractivity (Wildman–Crippen MR) is 80.3 cm³/mol. The van der Waals surface area contributed by atoms with Crippen molar-refractivity contribution < 1.29 is 18.0 Å².